The second-order valence-corrected chi connectivity index (χ2v) is 9.88. The van der Waals surface area contributed by atoms with Crippen LogP contribution in [0.25, 0.3) is 0 Å². The van der Waals surface area contributed by atoms with Crippen molar-refractivity contribution in [3.63, 3.8) is 0 Å². The third-order valence-corrected chi connectivity index (χ3v) is 8.22. The van der Waals surface area contributed by atoms with Gasteiger partial charge in [0.1, 0.15) is 6.61 Å². The lowest BCUT2D eigenvalue weighted by Gasteiger charge is -2.59. The molecule has 0 saturated heterocycles. The smallest absolute Gasteiger partial charge is 0.330 e. The molecular formula is C24H35NO6. The molecule has 0 aromatic heterocycles. The maximum Gasteiger partial charge on any atom is 0.330 e. The Morgan fingerprint density at radius 3 is 2.55 bits per heavy atom. The molecule has 0 aromatic carbocycles. The molecule has 3 rings (SSSR count). The average Bonchev–Trinajstić information content (AvgIpc) is 2.73. The molecule has 3 saturated carbocycles. The van der Waals surface area contributed by atoms with Crippen LogP contribution in [0.5, 0.6) is 0 Å². The van der Waals surface area contributed by atoms with Gasteiger partial charge in [-0.2, -0.15) is 0 Å². The summed E-state index contributed by atoms with van der Waals surface area (Å²) in [5.74, 6) is -2.98. The lowest BCUT2D eigenvalue weighted by molar-refractivity contribution is -0.183. The molecular weight excluding hydrogens is 398 g/mol. The van der Waals surface area contributed by atoms with Crippen molar-refractivity contribution in [1.82, 2.24) is 5.32 Å². The van der Waals surface area contributed by atoms with E-state index in [9.17, 15) is 19.2 Å². The van der Waals surface area contributed by atoms with Crippen LogP contribution in [-0.4, -0.2) is 50.8 Å². The van der Waals surface area contributed by atoms with Crippen molar-refractivity contribution in [2.24, 2.45) is 34.5 Å². The molecule has 0 aliphatic heterocycles. The number of carbonyl (C=O) groups excluding carboxylic acids is 4. The second-order valence-electron chi connectivity index (χ2n) is 9.88. The Kier molecular flexibility index (Phi) is 6.75. The molecule has 6 atom stereocenters. The van der Waals surface area contributed by atoms with Crippen LogP contribution in [0.15, 0.2) is 11.6 Å². The Bertz CT molecular complexity index is 804. The highest BCUT2D eigenvalue weighted by Gasteiger charge is 2.66. The Morgan fingerprint density at radius 1 is 1.19 bits per heavy atom. The Hall–Kier alpha value is -2.02. The fourth-order valence-corrected chi connectivity index (χ4v) is 6.71. The van der Waals surface area contributed by atoms with Crippen molar-refractivity contribution in [1.29, 1.82) is 0 Å². The second kappa shape index (κ2) is 8.85. The molecule has 3 aliphatic carbocycles. The fourth-order valence-electron chi connectivity index (χ4n) is 6.71. The number of carbonyl (C=O) groups is 4. The number of likely N-dealkylation sites (N-methyl/N-ethyl adjacent to an activating group) is 1. The van der Waals surface area contributed by atoms with Gasteiger partial charge < -0.3 is 14.8 Å². The number of Topliss-reactive ketones (excluding diaryl/α,β-unsaturated/α-hetero) is 2. The minimum absolute atomic E-state index is 0.000516. The van der Waals surface area contributed by atoms with Gasteiger partial charge in [0.25, 0.3) is 0 Å². The number of hydrogen-bond acceptors (Lipinski definition) is 7. The summed E-state index contributed by atoms with van der Waals surface area (Å²) in [6.45, 7) is 6.64. The molecule has 0 bridgehead atoms. The first kappa shape index (κ1) is 23.6. The molecule has 0 spiro atoms. The van der Waals surface area contributed by atoms with Gasteiger partial charge in [-0.25, -0.2) is 4.79 Å². The molecule has 0 unspecified atom stereocenters. The van der Waals surface area contributed by atoms with E-state index in [0.717, 1.165) is 18.4 Å². The van der Waals surface area contributed by atoms with Gasteiger partial charge in [0, 0.05) is 24.5 Å². The van der Waals surface area contributed by atoms with E-state index in [0.29, 0.717) is 25.8 Å². The average molecular weight is 434 g/mol. The van der Waals surface area contributed by atoms with Gasteiger partial charge in [0.05, 0.1) is 12.5 Å². The molecule has 3 fully saturated rings. The molecule has 0 amide bonds. The van der Waals surface area contributed by atoms with E-state index >= 15 is 0 Å². The minimum atomic E-state index is -0.976. The van der Waals surface area contributed by atoms with E-state index in [1.54, 1.807) is 14.0 Å². The quantitative estimate of drug-likeness (QED) is 0.308. The van der Waals surface area contributed by atoms with E-state index < -0.39 is 46.2 Å². The van der Waals surface area contributed by atoms with Gasteiger partial charge >= 0.3 is 11.9 Å². The predicted octanol–water partition coefficient (Wildman–Crippen LogP) is 2.48. The highest BCUT2D eigenvalue weighted by atomic mass is 16.5. The first-order valence-corrected chi connectivity index (χ1v) is 11.3. The number of hydrogen-bond donors (Lipinski definition) is 1. The summed E-state index contributed by atoms with van der Waals surface area (Å²) in [4.78, 5) is 51.7. The summed E-state index contributed by atoms with van der Waals surface area (Å²) < 4.78 is 10.3. The number of esters is 2. The Balaban J connectivity index is 1.91. The van der Waals surface area contributed by atoms with Crippen molar-refractivity contribution < 1.29 is 28.7 Å². The van der Waals surface area contributed by atoms with E-state index in [4.69, 9.17) is 9.47 Å². The van der Waals surface area contributed by atoms with Crippen molar-refractivity contribution >= 4 is 23.5 Å². The summed E-state index contributed by atoms with van der Waals surface area (Å²) in [6, 6.07) is 0. The number of ketones is 2. The first-order valence-electron chi connectivity index (χ1n) is 11.3. The van der Waals surface area contributed by atoms with Crippen LogP contribution < -0.4 is 5.32 Å². The van der Waals surface area contributed by atoms with Gasteiger partial charge in [-0.05, 0) is 56.9 Å². The number of allylic oxidation sites excluding steroid dienone is 1. The summed E-state index contributed by atoms with van der Waals surface area (Å²) >= 11 is 0. The zero-order valence-corrected chi connectivity index (χ0v) is 19.3. The number of methoxy groups -OCH3 is 1. The highest BCUT2D eigenvalue weighted by Crippen LogP contribution is 2.63. The normalized spacial score (nSPS) is 38.9. The molecule has 7 nitrogen and oxygen atoms in total. The molecule has 0 radical (unpaired) electrons. The monoisotopic (exact) mass is 433 g/mol. The fraction of sp³-hybridized carbons (Fsp3) is 0.750. The van der Waals surface area contributed by atoms with Crippen LogP contribution in [0.3, 0.4) is 0 Å². The number of fused-ring (bicyclic) bond motifs is 3. The molecule has 7 heteroatoms. The zero-order chi connectivity index (χ0) is 23.0. The van der Waals surface area contributed by atoms with Crippen molar-refractivity contribution in [2.75, 3.05) is 27.3 Å². The number of ether oxygens (including phenoxy) is 2. The van der Waals surface area contributed by atoms with Crippen LogP contribution in [0.2, 0.25) is 0 Å². The predicted molar refractivity (Wildman–Crippen MR) is 114 cm³/mol. The van der Waals surface area contributed by atoms with Crippen molar-refractivity contribution in [3.8, 4) is 0 Å². The third-order valence-electron chi connectivity index (χ3n) is 8.22. The van der Waals surface area contributed by atoms with Crippen molar-refractivity contribution in [3.05, 3.63) is 11.6 Å². The molecule has 31 heavy (non-hydrogen) atoms. The van der Waals surface area contributed by atoms with E-state index in [1.807, 2.05) is 6.92 Å². The summed E-state index contributed by atoms with van der Waals surface area (Å²) in [5, 5.41) is 2.92. The third kappa shape index (κ3) is 3.86. The molecule has 0 heterocycles. The van der Waals surface area contributed by atoms with Gasteiger partial charge in [0.2, 0.25) is 11.6 Å². The van der Waals surface area contributed by atoms with E-state index in [-0.39, 0.29) is 18.4 Å². The van der Waals surface area contributed by atoms with E-state index in [1.165, 1.54) is 13.2 Å². The van der Waals surface area contributed by atoms with Gasteiger partial charge in [0.15, 0.2) is 0 Å². The van der Waals surface area contributed by atoms with Crippen LogP contribution in [0.4, 0.5) is 0 Å². The summed E-state index contributed by atoms with van der Waals surface area (Å²) in [6.07, 6.45) is 5.08. The largest absolute Gasteiger partial charge is 0.469 e. The zero-order valence-electron chi connectivity index (χ0n) is 19.3. The highest BCUT2D eigenvalue weighted by molar-refractivity contribution is 6.40. The summed E-state index contributed by atoms with van der Waals surface area (Å²) in [7, 11) is 3.12. The summed E-state index contributed by atoms with van der Waals surface area (Å²) in [5.41, 5.74) is -0.551. The van der Waals surface area contributed by atoms with Crippen LogP contribution >= 0.6 is 0 Å². The molecule has 172 valence electrons. The van der Waals surface area contributed by atoms with Crippen molar-refractivity contribution in [2.45, 2.75) is 52.9 Å². The SMILES string of the molecule is CNCCOC(=O)C=C1CC[C@H]2[C@@H](C(=O)C(=O)[C@H]3[C@]2(C)CCC[C@]3(C)C(=O)OC)[C@H]1C. The van der Waals surface area contributed by atoms with E-state index in [2.05, 4.69) is 12.2 Å². The van der Waals surface area contributed by atoms with Crippen LogP contribution in [-0.2, 0) is 28.7 Å². The number of nitrogens with one attached hydrogen (secondary N) is 1. The number of rotatable bonds is 5. The van der Waals surface area contributed by atoms with Crippen LogP contribution in [0, 0.1) is 34.5 Å². The molecule has 3 aliphatic rings. The standard InChI is InChI=1S/C24H35NO6/c1-14-15(13-17(26)31-12-11-25-4)7-8-16-18(14)19(27)20(28)21-23(16,2)9-6-10-24(21,3)22(29)30-5/h13-14,16,18,21,25H,6-12H2,1-5H3/t14-,16-,18-,21-,23+,24-/m0/s1. The maximum atomic E-state index is 13.4. The van der Waals surface area contributed by atoms with Gasteiger partial charge in [-0.1, -0.05) is 25.8 Å². The van der Waals surface area contributed by atoms with Crippen LogP contribution in [0.1, 0.15) is 52.9 Å². The van der Waals surface area contributed by atoms with Gasteiger partial charge in [-0.15, -0.1) is 0 Å². The maximum absolute atomic E-state index is 13.4. The lowest BCUT2D eigenvalue weighted by atomic mass is 9.42. The Morgan fingerprint density at radius 2 is 1.90 bits per heavy atom. The molecule has 0 aromatic rings. The first-order chi connectivity index (χ1) is 14.6. The lowest BCUT2D eigenvalue weighted by Crippen LogP contribution is -2.63. The Labute approximate surface area is 184 Å². The topological polar surface area (TPSA) is 98.8 Å². The van der Waals surface area contributed by atoms with Gasteiger partial charge in [-0.3, -0.25) is 14.4 Å². The minimum Gasteiger partial charge on any atom is -0.469 e. The molecule has 1 N–H and O–H groups in total.